The molecule has 110 valence electrons. The van der Waals surface area contributed by atoms with Crippen molar-refractivity contribution in [2.24, 2.45) is 5.41 Å². The summed E-state index contributed by atoms with van der Waals surface area (Å²) in [5.41, 5.74) is 1.08. The SMILES string of the molecule is N#Cc1cc(F)cc(CN2CC3(CCNCC3)CC2=O)c1. The second kappa shape index (κ2) is 5.45. The average molecular weight is 287 g/mol. The fraction of sp³-hybridized carbons (Fsp3) is 0.500. The maximum Gasteiger partial charge on any atom is 0.223 e. The van der Waals surface area contributed by atoms with Crippen molar-refractivity contribution in [1.82, 2.24) is 10.2 Å². The van der Waals surface area contributed by atoms with E-state index in [0.29, 0.717) is 24.1 Å². The highest BCUT2D eigenvalue weighted by Crippen LogP contribution is 2.39. The molecule has 2 saturated heterocycles. The van der Waals surface area contributed by atoms with Gasteiger partial charge in [-0.25, -0.2) is 4.39 Å². The van der Waals surface area contributed by atoms with Crippen LogP contribution in [0.15, 0.2) is 18.2 Å². The number of halogens is 1. The minimum atomic E-state index is -0.424. The van der Waals surface area contributed by atoms with Crippen molar-refractivity contribution in [2.45, 2.75) is 25.8 Å². The molecule has 0 saturated carbocycles. The number of piperidine rings is 1. The maximum atomic E-state index is 13.5. The molecule has 0 radical (unpaired) electrons. The third-order valence-corrected chi connectivity index (χ3v) is 4.53. The zero-order valence-corrected chi connectivity index (χ0v) is 11.9. The third-order valence-electron chi connectivity index (χ3n) is 4.53. The molecule has 0 atom stereocenters. The summed E-state index contributed by atoms with van der Waals surface area (Å²) in [4.78, 5) is 14.0. The molecule has 2 aliphatic heterocycles. The highest BCUT2D eigenvalue weighted by Gasteiger charge is 2.43. The molecule has 1 N–H and O–H groups in total. The number of hydrogen-bond acceptors (Lipinski definition) is 3. The van der Waals surface area contributed by atoms with Crippen LogP contribution >= 0.6 is 0 Å². The van der Waals surface area contributed by atoms with Gasteiger partial charge in [0.2, 0.25) is 5.91 Å². The van der Waals surface area contributed by atoms with E-state index >= 15 is 0 Å². The van der Waals surface area contributed by atoms with Gasteiger partial charge in [0.15, 0.2) is 0 Å². The van der Waals surface area contributed by atoms with Crippen molar-refractivity contribution < 1.29 is 9.18 Å². The number of likely N-dealkylation sites (tertiary alicyclic amines) is 1. The van der Waals surface area contributed by atoms with Crippen molar-refractivity contribution in [1.29, 1.82) is 5.26 Å². The first kappa shape index (κ1) is 14.0. The molecule has 3 rings (SSSR count). The van der Waals surface area contributed by atoms with E-state index in [1.807, 2.05) is 6.07 Å². The Morgan fingerprint density at radius 2 is 2.10 bits per heavy atom. The van der Waals surface area contributed by atoms with Crippen molar-refractivity contribution in [3.8, 4) is 6.07 Å². The van der Waals surface area contributed by atoms with E-state index < -0.39 is 5.82 Å². The molecule has 1 aromatic carbocycles. The molecule has 0 aliphatic carbocycles. The van der Waals surface area contributed by atoms with Crippen LogP contribution in [0, 0.1) is 22.6 Å². The van der Waals surface area contributed by atoms with Crippen LogP contribution in [0.5, 0.6) is 0 Å². The Bertz CT molecular complexity index is 602. The molecule has 0 aromatic heterocycles. The van der Waals surface area contributed by atoms with Gasteiger partial charge in [0.05, 0.1) is 11.6 Å². The molecule has 2 fully saturated rings. The summed E-state index contributed by atoms with van der Waals surface area (Å²) >= 11 is 0. The lowest BCUT2D eigenvalue weighted by molar-refractivity contribution is -0.128. The standard InChI is InChI=1S/C16H18FN3O/c17-14-6-12(9-18)5-13(7-14)10-20-11-16(8-15(20)21)1-3-19-4-2-16/h5-7,19H,1-4,8,10-11H2. The summed E-state index contributed by atoms with van der Waals surface area (Å²) in [7, 11) is 0. The van der Waals surface area contributed by atoms with Crippen LogP contribution in [-0.2, 0) is 11.3 Å². The Kier molecular flexibility index (Phi) is 3.64. The normalized spacial score (nSPS) is 20.8. The summed E-state index contributed by atoms with van der Waals surface area (Å²) in [6.45, 7) is 3.05. The number of hydrogen-bond donors (Lipinski definition) is 1. The highest BCUT2D eigenvalue weighted by molar-refractivity contribution is 5.79. The van der Waals surface area contributed by atoms with Crippen LogP contribution in [0.1, 0.15) is 30.4 Å². The third kappa shape index (κ3) is 2.91. The number of benzene rings is 1. The fourth-order valence-electron chi connectivity index (χ4n) is 3.44. The molecule has 1 spiro atoms. The van der Waals surface area contributed by atoms with E-state index in [1.54, 1.807) is 11.0 Å². The predicted molar refractivity (Wildman–Crippen MR) is 75.7 cm³/mol. The first-order valence-electron chi connectivity index (χ1n) is 7.28. The van der Waals surface area contributed by atoms with Gasteiger partial charge in [0, 0.05) is 19.5 Å². The Hall–Kier alpha value is -1.93. The van der Waals surface area contributed by atoms with Crippen molar-refractivity contribution in [3.63, 3.8) is 0 Å². The van der Waals surface area contributed by atoms with Crippen LogP contribution in [0.4, 0.5) is 4.39 Å². The Labute approximate surface area is 123 Å². The van der Waals surface area contributed by atoms with Gasteiger partial charge in [-0.2, -0.15) is 5.26 Å². The monoisotopic (exact) mass is 287 g/mol. The molecule has 5 heteroatoms. The molecular weight excluding hydrogens is 269 g/mol. The van der Waals surface area contributed by atoms with E-state index in [0.717, 1.165) is 32.5 Å². The van der Waals surface area contributed by atoms with Crippen LogP contribution in [0.25, 0.3) is 0 Å². The Morgan fingerprint density at radius 3 is 2.81 bits per heavy atom. The van der Waals surface area contributed by atoms with E-state index in [2.05, 4.69) is 5.32 Å². The largest absolute Gasteiger partial charge is 0.338 e. The number of amides is 1. The van der Waals surface area contributed by atoms with Crippen molar-refractivity contribution in [2.75, 3.05) is 19.6 Å². The molecular formula is C16H18FN3O. The number of rotatable bonds is 2. The Balaban J connectivity index is 1.75. The molecule has 2 aliphatic rings. The summed E-state index contributed by atoms with van der Waals surface area (Å²) in [5.74, 6) is -0.285. The van der Waals surface area contributed by atoms with Gasteiger partial charge in [-0.15, -0.1) is 0 Å². The maximum absolute atomic E-state index is 13.5. The summed E-state index contributed by atoms with van der Waals surface area (Å²) < 4.78 is 13.5. The van der Waals surface area contributed by atoms with E-state index in [-0.39, 0.29) is 11.3 Å². The lowest BCUT2D eigenvalue weighted by Crippen LogP contribution is -2.38. The molecule has 0 unspecified atom stereocenters. The van der Waals surface area contributed by atoms with E-state index in [9.17, 15) is 9.18 Å². The van der Waals surface area contributed by atoms with Crippen LogP contribution in [0.3, 0.4) is 0 Å². The van der Waals surface area contributed by atoms with Crippen molar-refractivity contribution >= 4 is 5.91 Å². The average Bonchev–Trinajstić information content (AvgIpc) is 2.74. The van der Waals surface area contributed by atoms with Gasteiger partial charge in [-0.1, -0.05) is 0 Å². The summed E-state index contributed by atoms with van der Waals surface area (Å²) in [5, 5.41) is 12.2. The minimum Gasteiger partial charge on any atom is -0.338 e. The number of nitrogens with one attached hydrogen (secondary N) is 1. The van der Waals surface area contributed by atoms with E-state index in [4.69, 9.17) is 5.26 Å². The topological polar surface area (TPSA) is 56.1 Å². The quantitative estimate of drug-likeness (QED) is 0.902. The fourth-order valence-corrected chi connectivity index (χ4v) is 3.44. The van der Waals surface area contributed by atoms with Crippen LogP contribution in [-0.4, -0.2) is 30.4 Å². The number of nitrogens with zero attached hydrogens (tertiary/aromatic N) is 2. The lowest BCUT2D eigenvalue weighted by Gasteiger charge is -2.33. The van der Waals surface area contributed by atoms with Gasteiger partial charge in [-0.05, 0) is 55.1 Å². The summed E-state index contributed by atoms with van der Waals surface area (Å²) in [6.07, 6.45) is 2.62. The smallest absolute Gasteiger partial charge is 0.223 e. The van der Waals surface area contributed by atoms with E-state index in [1.165, 1.54) is 12.1 Å². The predicted octanol–water partition coefficient (Wildman–Crippen LogP) is 1.80. The number of carbonyl (C=O) groups is 1. The molecule has 21 heavy (non-hydrogen) atoms. The molecule has 0 bridgehead atoms. The van der Waals surface area contributed by atoms with Gasteiger partial charge in [-0.3, -0.25) is 4.79 Å². The van der Waals surface area contributed by atoms with Crippen LogP contribution in [0.2, 0.25) is 0 Å². The zero-order chi connectivity index (χ0) is 14.9. The second-order valence-electron chi connectivity index (χ2n) is 6.14. The van der Waals surface area contributed by atoms with Gasteiger partial charge >= 0.3 is 0 Å². The molecule has 1 amide bonds. The minimum absolute atomic E-state index is 0.0910. The summed E-state index contributed by atoms with van der Waals surface area (Å²) in [6, 6.07) is 6.22. The number of nitriles is 1. The molecule has 2 heterocycles. The second-order valence-corrected chi connectivity index (χ2v) is 6.14. The molecule has 1 aromatic rings. The van der Waals surface area contributed by atoms with Gasteiger partial charge in [0.25, 0.3) is 0 Å². The first-order valence-corrected chi connectivity index (χ1v) is 7.28. The zero-order valence-electron chi connectivity index (χ0n) is 11.9. The Morgan fingerprint density at radius 1 is 1.33 bits per heavy atom. The molecule has 4 nitrogen and oxygen atoms in total. The van der Waals surface area contributed by atoms with Crippen LogP contribution < -0.4 is 5.32 Å². The highest BCUT2D eigenvalue weighted by atomic mass is 19.1. The first-order chi connectivity index (χ1) is 10.1. The van der Waals surface area contributed by atoms with Gasteiger partial charge < -0.3 is 10.2 Å². The lowest BCUT2D eigenvalue weighted by atomic mass is 9.78. The van der Waals surface area contributed by atoms with Crippen molar-refractivity contribution in [3.05, 3.63) is 35.1 Å². The van der Waals surface area contributed by atoms with Gasteiger partial charge in [0.1, 0.15) is 5.82 Å². The number of carbonyl (C=O) groups excluding carboxylic acids is 1.